The van der Waals surface area contributed by atoms with Crippen LogP contribution >= 0.6 is 12.2 Å². The summed E-state index contributed by atoms with van der Waals surface area (Å²) in [6.45, 7) is 11.4. The first-order chi connectivity index (χ1) is 10.0. The Morgan fingerprint density at radius 2 is 2.14 bits per heavy atom. The minimum absolute atomic E-state index is 0.116. The number of H-pyrrole nitrogens is 1. The monoisotopic (exact) mass is 310 g/mol. The van der Waals surface area contributed by atoms with E-state index in [1.807, 2.05) is 0 Å². The predicted molar refractivity (Wildman–Crippen MR) is 88.0 cm³/mol. The van der Waals surface area contributed by atoms with E-state index in [-0.39, 0.29) is 16.2 Å². The van der Waals surface area contributed by atoms with E-state index in [0.717, 1.165) is 19.6 Å². The highest BCUT2D eigenvalue weighted by molar-refractivity contribution is 7.71. The number of likely N-dealkylation sites (N-methyl/N-ethyl adjacent to an activating group) is 1. The molecule has 116 valence electrons. The average molecular weight is 310 g/mol. The molecular weight excluding hydrogens is 288 g/mol. The summed E-state index contributed by atoms with van der Waals surface area (Å²) in [5.74, 6) is -0.185. The van der Waals surface area contributed by atoms with Gasteiger partial charge in [0.15, 0.2) is 4.77 Å². The minimum atomic E-state index is -0.440. The molecule has 6 nitrogen and oxygen atoms in total. The van der Waals surface area contributed by atoms with Crippen LogP contribution in [0, 0.1) is 4.77 Å². The molecule has 0 bridgehead atoms. The lowest BCUT2D eigenvalue weighted by molar-refractivity contribution is 0.313. The Bertz CT molecular complexity index is 614. The SMILES string of the molecule is C=CCn1c(O)c(C=NCCN(CC)CC)c(=O)[nH]c1=S. The van der Waals surface area contributed by atoms with Gasteiger partial charge in [-0.1, -0.05) is 19.9 Å². The molecule has 1 aromatic heterocycles. The Morgan fingerprint density at radius 1 is 1.48 bits per heavy atom. The molecular formula is C14H22N4O2S. The highest BCUT2D eigenvalue weighted by Gasteiger charge is 2.09. The van der Waals surface area contributed by atoms with E-state index in [1.165, 1.54) is 10.8 Å². The van der Waals surface area contributed by atoms with Gasteiger partial charge in [0.1, 0.15) is 5.56 Å². The molecule has 0 unspecified atom stereocenters. The third-order valence-electron chi connectivity index (χ3n) is 3.18. The van der Waals surface area contributed by atoms with E-state index >= 15 is 0 Å². The maximum atomic E-state index is 11.8. The fourth-order valence-electron chi connectivity index (χ4n) is 1.88. The molecule has 7 heteroatoms. The van der Waals surface area contributed by atoms with Crippen molar-refractivity contribution in [1.82, 2.24) is 14.5 Å². The summed E-state index contributed by atoms with van der Waals surface area (Å²) < 4.78 is 1.56. The summed E-state index contributed by atoms with van der Waals surface area (Å²) in [4.78, 5) is 20.8. The predicted octanol–water partition coefficient (Wildman–Crippen LogP) is 1.56. The Hall–Kier alpha value is -1.73. The normalized spacial score (nSPS) is 11.4. The summed E-state index contributed by atoms with van der Waals surface area (Å²) >= 11 is 5.00. The van der Waals surface area contributed by atoms with E-state index in [0.29, 0.717) is 13.1 Å². The third kappa shape index (κ3) is 4.64. The average Bonchev–Trinajstić information content (AvgIpc) is 2.46. The van der Waals surface area contributed by atoms with Crippen molar-refractivity contribution in [2.24, 2.45) is 4.99 Å². The van der Waals surface area contributed by atoms with Crippen molar-refractivity contribution >= 4 is 18.4 Å². The van der Waals surface area contributed by atoms with Crippen LogP contribution in [0.5, 0.6) is 5.88 Å². The van der Waals surface area contributed by atoms with E-state index in [1.54, 1.807) is 6.08 Å². The van der Waals surface area contributed by atoms with Crippen LogP contribution in [-0.2, 0) is 6.54 Å². The van der Waals surface area contributed by atoms with Crippen LogP contribution in [0.2, 0.25) is 0 Å². The van der Waals surface area contributed by atoms with Crippen molar-refractivity contribution in [2.45, 2.75) is 20.4 Å². The number of hydrogen-bond acceptors (Lipinski definition) is 5. The molecule has 0 aliphatic carbocycles. The Morgan fingerprint density at radius 3 is 2.71 bits per heavy atom. The molecule has 21 heavy (non-hydrogen) atoms. The van der Waals surface area contributed by atoms with Crippen LogP contribution in [0.3, 0.4) is 0 Å². The summed E-state index contributed by atoms with van der Waals surface area (Å²) in [5.41, 5.74) is -0.325. The fourth-order valence-corrected chi connectivity index (χ4v) is 2.14. The number of aliphatic imine (C=N–C) groups is 1. The van der Waals surface area contributed by atoms with E-state index in [2.05, 4.69) is 35.3 Å². The highest BCUT2D eigenvalue weighted by Crippen LogP contribution is 2.11. The molecule has 0 amide bonds. The zero-order valence-corrected chi connectivity index (χ0v) is 13.3. The smallest absolute Gasteiger partial charge is 0.264 e. The second-order valence-electron chi connectivity index (χ2n) is 4.46. The number of aromatic amines is 1. The minimum Gasteiger partial charge on any atom is -0.494 e. The number of aromatic nitrogens is 2. The van der Waals surface area contributed by atoms with Gasteiger partial charge in [0.2, 0.25) is 5.88 Å². The molecule has 1 rings (SSSR count). The van der Waals surface area contributed by atoms with Crippen LogP contribution in [0.4, 0.5) is 0 Å². The van der Waals surface area contributed by atoms with Gasteiger partial charge in [0.05, 0.1) is 6.54 Å². The van der Waals surface area contributed by atoms with Crippen molar-refractivity contribution in [3.05, 3.63) is 33.3 Å². The number of rotatable bonds is 8. The van der Waals surface area contributed by atoms with E-state index in [9.17, 15) is 9.90 Å². The lowest BCUT2D eigenvalue weighted by atomic mass is 10.3. The first kappa shape index (κ1) is 17.3. The molecule has 0 aromatic carbocycles. The van der Waals surface area contributed by atoms with Crippen molar-refractivity contribution in [1.29, 1.82) is 0 Å². The van der Waals surface area contributed by atoms with Crippen LogP contribution in [0.1, 0.15) is 19.4 Å². The van der Waals surface area contributed by atoms with Crippen molar-refractivity contribution in [2.75, 3.05) is 26.2 Å². The maximum Gasteiger partial charge on any atom is 0.264 e. The van der Waals surface area contributed by atoms with Gasteiger partial charge in [0.25, 0.3) is 5.56 Å². The molecule has 2 N–H and O–H groups in total. The lowest BCUT2D eigenvalue weighted by Gasteiger charge is -2.15. The van der Waals surface area contributed by atoms with Crippen molar-refractivity contribution in [3.63, 3.8) is 0 Å². The third-order valence-corrected chi connectivity index (χ3v) is 3.50. The van der Waals surface area contributed by atoms with Crippen molar-refractivity contribution < 1.29 is 5.11 Å². The summed E-state index contributed by atoms with van der Waals surface area (Å²) in [5, 5.41) is 10.1. The topological polar surface area (TPSA) is 73.6 Å². The standard InChI is InChI=1S/C14H22N4O2S/c1-4-8-18-13(20)11(12(19)16-14(18)21)10-15-7-9-17(5-2)6-3/h4,10,20H,1,5-9H2,2-3H3,(H,16,19,21). The Labute approximate surface area is 129 Å². The largest absolute Gasteiger partial charge is 0.494 e. The number of nitrogens with one attached hydrogen (secondary N) is 1. The van der Waals surface area contributed by atoms with Crippen LogP contribution in [0.15, 0.2) is 22.4 Å². The van der Waals surface area contributed by atoms with Gasteiger partial charge in [-0.05, 0) is 25.3 Å². The van der Waals surface area contributed by atoms with Gasteiger partial charge in [0, 0.05) is 19.3 Å². The molecule has 0 fully saturated rings. The molecule has 0 saturated heterocycles. The maximum absolute atomic E-state index is 11.8. The molecule has 0 aliphatic rings. The van der Waals surface area contributed by atoms with Gasteiger partial charge in [-0.25, -0.2) is 0 Å². The van der Waals surface area contributed by atoms with Gasteiger partial charge in [-0.3, -0.25) is 19.3 Å². The molecule has 0 spiro atoms. The first-order valence-electron chi connectivity index (χ1n) is 6.94. The number of hydrogen-bond donors (Lipinski definition) is 2. The molecule has 0 atom stereocenters. The molecule has 0 saturated carbocycles. The molecule has 1 aromatic rings. The molecule has 0 radical (unpaired) electrons. The molecule has 0 aliphatic heterocycles. The number of allylic oxidation sites excluding steroid dienone is 1. The Balaban J connectivity index is 2.93. The second kappa shape index (κ2) is 8.53. The zero-order valence-electron chi connectivity index (χ0n) is 12.5. The first-order valence-corrected chi connectivity index (χ1v) is 7.35. The van der Waals surface area contributed by atoms with Crippen LogP contribution in [-0.4, -0.2) is 52.0 Å². The quantitative estimate of drug-likeness (QED) is 0.434. The van der Waals surface area contributed by atoms with E-state index < -0.39 is 5.56 Å². The lowest BCUT2D eigenvalue weighted by Crippen LogP contribution is -2.25. The zero-order chi connectivity index (χ0) is 15.8. The Kier molecular flexibility index (Phi) is 7.04. The summed E-state index contributed by atoms with van der Waals surface area (Å²) in [6.07, 6.45) is 2.99. The highest BCUT2D eigenvalue weighted by atomic mass is 32.1. The fraction of sp³-hybridized carbons (Fsp3) is 0.500. The molecule has 1 heterocycles. The van der Waals surface area contributed by atoms with Crippen LogP contribution in [0.25, 0.3) is 0 Å². The van der Waals surface area contributed by atoms with Gasteiger partial charge < -0.3 is 10.0 Å². The van der Waals surface area contributed by atoms with Gasteiger partial charge in [-0.15, -0.1) is 6.58 Å². The van der Waals surface area contributed by atoms with Crippen molar-refractivity contribution in [3.8, 4) is 5.88 Å². The number of aromatic hydroxyl groups is 1. The van der Waals surface area contributed by atoms with Gasteiger partial charge >= 0.3 is 0 Å². The van der Waals surface area contributed by atoms with Crippen LogP contribution < -0.4 is 5.56 Å². The van der Waals surface area contributed by atoms with Gasteiger partial charge in [-0.2, -0.15) is 0 Å². The number of nitrogens with zero attached hydrogens (tertiary/aromatic N) is 3. The second-order valence-corrected chi connectivity index (χ2v) is 4.84. The van der Waals surface area contributed by atoms with E-state index in [4.69, 9.17) is 12.2 Å². The summed E-state index contributed by atoms with van der Waals surface area (Å²) in [7, 11) is 0. The summed E-state index contributed by atoms with van der Waals surface area (Å²) in [6, 6.07) is 0.